The number of hydrogen-bond donors (Lipinski definition) is 0. The first kappa shape index (κ1) is 22.1. The van der Waals surface area contributed by atoms with Gasteiger partial charge in [0.05, 0.1) is 4.92 Å². The fraction of sp³-hybridized carbons (Fsp3) is 0.348. The highest BCUT2D eigenvalue weighted by molar-refractivity contribution is 5.76. The number of aromatic nitrogens is 2. The van der Waals surface area contributed by atoms with E-state index in [2.05, 4.69) is 17.1 Å². The summed E-state index contributed by atoms with van der Waals surface area (Å²) in [6.45, 7) is 4.55. The zero-order valence-corrected chi connectivity index (χ0v) is 17.7. The Morgan fingerprint density at radius 2 is 1.94 bits per heavy atom. The van der Waals surface area contributed by atoms with Crippen molar-refractivity contribution in [3.63, 3.8) is 0 Å². The topological polar surface area (TPSA) is 102 Å². The second kappa shape index (κ2) is 10.5. The van der Waals surface area contributed by atoms with Crippen LogP contribution in [0.1, 0.15) is 38.1 Å². The van der Waals surface area contributed by atoms with Crippen molar-refractivity contribution in [3.05, 3.63) is 76.2 Å². The van der Waals surface area contributed by atoms with Crippen LogP contribution in [0, 0.1) is 10.1 Å². The molecule has 0 aliphatic carbocycles. The van der Waals surface area contributed by atoms with Gasteiger partial charge >= 0.3 is 0 Å². The lowest BCUT2D eigenvalue weighted by Crippen LogP contribution is -2.40. The molecule has 0 unspecified atom stereocenters. The number of rotatable bonds is 10. The average molecular weight is 422 g/mol. The van der Waals surface area contributed by atoms with Gasteiger partial charge in [-0.2, -0.15) is 4.98 Å². The lowest BCUT2D eigenvalue weighted by molar-refractivity contribution is -0.384. The predicted molar refractivity (Wildman–Crippen MR) is 116 cm³/mol. The molecule has 0 radical (unpaired) electrons. The molecule has 1 aromatic heterocycles. The first-order valence-electron chi connectivity index (χ1n) is 10.4. The van der Waals surface area contributed by atoms with Crippen LogP contribution in [0.3, 0.4) is 0 Å². The van der Waals surface area contributed by atoms with Crippen LogP contribution in [0.4, 0.5) is 5.69 Å². The van der Waals surface area contributed by atoms with Gasteiger partial charge in [0.15, 0.2) is 0 Å². The zero-order chi connectivity index (χ0) is 22.2. The normalized spacial score (nSPS) is 11.8. The summed E-state index contributed by atoms with van der Waals surface area (Å²) in [7, 11) is 0. The van der Waals surface area contributed by atoms with E-state index in [1.165, 1.54) is 12.1 Å². The molecule has 0 fully saturated rings. The molecular weight excluding hydrogens is 396 g/mol. The van der Waals surface area contributed by atoms with Crippen LogP contribution in [0.15, 0.2) is 59.1 Å². The van der Waals surface area contributed by atoms with Gasteiger partial charge in [-0.1, -0.05) is 54.5 Å². The van der Waals surface area contributed by atoms with Gasteiger partial charge < -0.3 is 9.42 Å². The van der Waals surface area contributed by atoms with Crippen molar-refractivity contribution in [1.82, 2.24) is 15.0 Å². The Labute approximate surface area is 181 Å². The lowest BCUT2D eigenvalue weighted by atomic mass is 10.1. The van der Waals surface area contributed by atoms with Crippen molar-refractivity contribution in [2.75, 3.05) is 6.54 Å². The molecule has 0 aliphatic rings. The van der Waals surface area contributed by atoms with Crippen LogP contribution in [-0.2, 0) is 17.6 Å². The zero-order valence-electron chi connectivity index (χ0n) is 17.7. The van der Waals surface area contributed by atoms with Crippen molar-refractivity contribution < 1.29 is 14.2 Å². The molecule has 162 valence electrons. The molecule has 3 rings (SSSR count). The summed E-state index contributed by atoms with van der Waals surface area (Å²) < 4.78 is 5.32. The summed E-state index contributed by atoms with van der Waals surface area (Å²) in [5.41, 5.74) is 1.62. The highest BCUT2D eigenvalue weighted by Gasteiger charge is 2.20. The van der Waals surface area contributed by atoms with Crippen LogP contribution in [0.2, 0.25) is 0 Å². The maximum Gasteiger partial charge on any atom is 0.270 e. The standard InChI is InChI=1S/C23H26N4O4/c1-3-17(2)26(22(28)13-12-18-8-5-4-6-9-18)15-14-21-24-23(25-31-21)19-10-7-11-20(16-19)27(29)30/h4-11,16-17H,3,12-15H2,1-2H3/t17-/m0/s1. The number of amides is 1. The molecule has 0 spiro atoms. The third-order valence-corrected chi connectivity index (χ3v) is 5.26. The van der Waals surface area contributed by atoms with Gasteiger partial charge in [-0.05, 0) is 25.3 Å². The fourth-order valence-corrected chi connectivity index (χ4v) is 3.30. The van der Waals surface area contributed by atoms with Crippen molar-refractivity contribution >= 4 is 11.6 Å². The van der Waals surface area contributed by atoms with Gasteiger partial charge in [-0.15, -0.1) is 0 Å². The minimum atomic E-state index is -0.463. The Hall–Kier alpha value is -3.55. The molecule has 3 aromatic rings. The molecule has 31 heavy (non-hydrogen) atoms. The molecule has 1 amide bonds. The van der Waals surface area contributed by atoms with E-state index in [0.717, 1.165) is 12.0 Å². The van der Waals surface area contributed by atoms with Crippen LogP contribution in [-0.4, -0.2) is 38.5 Å². The second-order valence-corrected chi connectivity index (χ2v) is 7.40. The van der Waals surface area contributed by atoms with Crippen LogP contribution in [0.25, 0.3) is 11.4 Å². The van der Waals surface area contributed by atoms with Gasteiger partial charge in [-0.25, -0.2) is 0 Å². The van der Waals surface area contributed by atoms with E-state index in [1.807, 2.05) is 42.2 Å². The van der Waals surface area contributed by atoms with Crippen LogP contribution < -0.4 is 0 Å². The van der Waals surface area contributed by atoms with Gasteiger partial charge in [-0.3, -0.25) is 14.9 Å². The number of carbonyl (C=O) groups excluding carboxylic acids is 1. The predicted octanol–water partition coefficient (Wildman–Crippen LogP) is 4.45. The number of carbonyl (C=O) groups is 1. The molecule has 1 atom stereocenters. The molecule has 0 saturated heterocycles. The van der Waals surface area contributed by atoms with Crippen molar-refractivity contribution in [2.45, 2.75) is 45.6 Å². The molecular formula is C23H26N4O4. The van der Waals surface area contributed by atoms with E-state index in [0.29, 0.717) is 43.1 Å². The van der Waals surface area contributed by atoms with Crippen LogP contribution in [0.5, 0.6) is 0 Å². The van der Waals surface area contributed by atoms with E-state index in [-0.39, 0.29) is 17.6 Å². The maximum absolute atomic E-state index is 12.9. The Morgan fingerprint density at radius 1 is 1.16 bits per heavy atom. The van der Waals surface area contributed by atoms with Gasteiger partial charge in [0.1, 0.15) is 0 Å². The molecule has 1 heterocycles. The van der Waals surface area contributed by atoms with Gasteiger partial charge in [0, 0.05) is 43.1 Å². The molecule has 0 saturated carbocycles. The maximum atomic E-state index is 12.9. The highest BCUT2D eigenvalue weighted by atomic mass is 16.6. The van der Waals surface area contributed by atoms with E-state index >= 15 is 0 Å². The Morgan fingerprint density at radius 3 is 2.65 bits per heavy atom. The van der Waals surface area contributed by atoms with Crippen molar-refractivity contribution in [3.8, 4) is 11.4 Å². The molecule has 0 bridgehead atoms. The Bertz CT molecular complexity index is 1020. The van der Waals surface area contributed by atoms with E-state index in [4.69, 9.17) is 4.52 Å². The number of nitro benzene ring substituents is 1. The first-order valence-corrected chi connectivity index (χ1v) is 10.4. The molecule has 8 heteroatoms. The molecule has 0 aliphatic heterocycles. The third-order valence-electron chi connectivity index (χ3n) is 5.26. The first-order chi connectivity index (χ1) is 15.0. The summed E-state index contributed by atoms with van der Waals surface area (Å²) in [6, 6.07) is 16.2. The Kier molecular flexibility index (Phi) is 7.48. The van der Waals surface area contributed by atoms with Gasteiger partial charge in [0.2, 0.25) is 17.6 Å². The third kappa shape index (κ3) is 5.97. The number of non-ortho nitro benzene ring substituents is 1. The summed E-state index contributed by atoms with van der Waals surface area (Å²) >= 11 is 0. The summed E-state index contributed by atoms with van der Waals surface area (Å²) in [6.07, 6.45) is 2.41. The van der Waals surface area contributed by atoms with E-state index in [1.54, 1.807) is 12.1 Å². The number of nitrogens with zero attached hydrogens (tertiary/aromatic N) is 4. The fourth-order valence-electron chi connectivity index (χ4n) is 3.30. The average Bonchev–Trinajstić information content (AvgIpc) is 3.27. The van der Waals surface area contributed by atoms with Crippen molar-refractivity contribution in [2.24, 2.45) is 0 Å². The van der Waals surface area contributed by atoms with Crippen LogP contribution >= 0.6 is 0 Å². The smallest absolute Gasteiger partial charge is 0.270 e. The highest BCUT2D eigenvalue weighted by Crippen LogP contribution is 2.21. The Balaban J connectivity index is 1.63. The summed E-state index contributed by atoms with van der Waals surface area (Å²) in [4.78, 5) is 29.6. The number of hydrogen-bond acceptors (Lipinski definition) is 6. The second-order valence-electron chi connectivity index (χ2n) is 7.40. The van der Waals surface area contributed by atoms with E-state index < -0.39 is 4.92 Å². The minimum Gasteiger partial charge on any atom is -0.339 e. The molecule has 2 aromatic carbocycles. The SMILES string of the molecule is CC[C@H](C)N(CCc1nc(-c2cccc([N+](=O)[O-])c2)no1)C(=O)CCc1ccccc1. The minimum absolute atomic E-state index is 0.0317. The molecule has 0 N–H and O–H groups in total. The molecule has 8 nitrogen and oxygen atoms in total. The quantitative estimate of drug-likeness (QED) is 0.353. The van der Waals surface area contributed by atoms with E-state index in [9.17, 15) is 14.9 Å². The monoisotopic (exact) mass is 422 g/mol. The number of aryl methyl sites for hydroxylation is 1. The summed E-state index contributed by atoms with van der Waals surface area (Å²) in [5, 5.41) is 14.9. The van der Waals surface area contributed by atoms with Crippen molar-refractivity contribution in [1.29, 1.82) is 0 Å². The lowest BCUT2D eigenvalue weighted by Gasteiger charge is -2.28. The summed E-state index contributed by atoms with van der Waals surface area (Å²) in [5.74, 6) is 0.784. The number of nitro groups is 1. The largest absolute Gasteiger partial charge is 0.339 e. The number of benzene rings is 2. The van der Waals surface area contributed by atoms with Gasteiger partial charge in [0.25, 0.3) is 5.69 Å².